The molecular formula is C11H14FNO. The molecule has 1 N–H and O–H groups in total. The van der Waals surface area contributed by atoms with Crippen LogP contribution in [0, 0.1) is 17.7 Å². The smallest absolute Gasteiger partial charge is 0.147 e. The highest BCUT2D eigenvalue weighted by molar-refractivity contribution is 5.25. The zero-order chi connectivity index (χ0) is 10.3. The lowest BCUT2D eigenvalue weighted by Gasteiger charge is -2.49. The predicted octanol–water partition coefficient (Wildman–Crippen LogP) is 2.08. The van der Waals surface area contributed by atoms with E-state index in [1.807, 2.05) is 6.92 Å². The Morgan fingerprint density at radius 2 is 2.29 bits per heavy atom. The average Bonchev–Trinajstić information content (AvgIpc) is 2.18. The maximum atomic E-state index is 13.4. The summed E-state index contributed by atoms with van der Waals surface area (Å²) in [5.74, 6) is 0.153. The molecule has 1 heterocycles. The van der Waals surface area contributed by atoms with Gasteiger partial charge in [-0.2, -0.15) is 0 Å². The molecule has 0 bridgehead atoms. The minimum absolute atomic E-state index is 0.111. The minimum atomic E-state index is -0.980. The van der Waals surface area contributed by atoms with Gasteiger partial charge < -0.3 is 5.11 Å². The lowest BCUT2D eigenvalue weighted by atomic mass is 9.60. The van der Waals surface area contributed by atoms with Gasteiger partial charge in [0.1, 0.15) is 5.82 Å². The number of aliphatic hydroxyl groups is 1. The van der Waals surface area contributed by atoms with E-state index >= 15 is 0 Å². The van der Waals surface area contributed by atoms with Crippen molar-refractivity contribution in [3.05, 3.63) is 29.8 Å². The van der Waals surface area contributed by atoms with E-state index in [9.17, 15) is 9.50 Å². The zero-order valence-corrected chi connectivity index (χ0v) is 8.37. The molecule has 1 aromatic heterocycles. The van der Waals surface area contributed by atoms with Crippen molar-refractivity contribution in [1.82, 2.24) is 4.98 Å². The van der Waals surface area contributed by atoms with E-state index < -0.39 is 11.4 Å². The highest BCUT2D eigenvalue weighted by atomic mass is 19.1. The molecule has 3 heteroatoms. The summed E-state index contributed by atoms with van der Waals surface area (Å²) in [4.78, 5) is 3.67. The van der Waals surface area contributed by atoms with E-state index in [-0.39, 0.29) is 5.92 Å². The van der Waals surface area contributed by atoms with Crippen LogP contribution in [0.15, 0.2) is 18.5 Å². The highest BCUT2D eigenvalue weighted by Crippen LogP contribution is 2.50. The minimum Gasteiger partial charge on any atom is -0.385 e. The summed E-state index contributed by atoms with van der Waals surface area (Å²) < 4.78 is 13.4. The van der Waals surface area contributed by atoms with Gasteiger partial charge in [0.15, 0.2) is 0 Å². The van der Waals surface area contributed by atoms with Crippen molar-refractivity contribution in [3.63, 3.8) is 0 Å². The molecule has 1 fully saturated rings. The third-order valence-corrected chi connectivity index (χ3v) is 3.48. The van der Waals surface area contributed by atoms with Gasteiger partial charge in [-0.25, -0.2) is 4.39 Å². The summed E-state index contributed by atoms with van der Waals surface area (Å²) in [6.45, 7) is 4.02. The Hall–Kier alpha value is -0.960. The van der Waals surface area contributed by atoms with E-state index in [1.165, 1.54) is 6.20 Å². The summed E-state index contributed by atoms with van der Waals surface area (Å²) in [6.07, 6.45) is 3.31. The number of aromatic nitrogens is 1. The Bertz CT molecular complexity index is 355. The lowest BCUT2D eigenvalue weighted by Crippen LogP contribution is -2.49. The molecule has 3 atom stereocenters. The topological polar surface area (TPSA) is 33.1 Å². The van der Waals surface area contributed by atoms with Gasteiger partial charge in [-0.1, -0.05) is 13.8 Å². The van der Waals surface area contributed by atoms with Crippen LogP contribution in [0.5, 0.6) is 0 Å². The molecule has 2 rings (SSSR count). The number of halogens is 1. The van der Waals surface area contributed by atoms with Crippen LogP contribution < -0.4 is 0 Å². The third-order valence-electron chi connectivity index (χ3n) is 3.48. The van der Waals surface area contributed by atoms with E-state index in [4.69, 9.17) is 0 Å². The molecule has 1 aliphatic rings. The zero-order valence-electron chi connectivity index (χ0n) is 8.37. The second-order valence-corrected chi connectivity index (χ2v) is 4.25. The molecule has 0 aromatic carbocycles. The van der Waals surface area contributed by atoms with Crippen molar-refractivity contribution < 1.29 is 9.50 Å². The number of nitrogens with zero attached hydrogens (tertiary/aromatic N) is 1. The quantitative estimate of drug-likeness (QED) is 0.744. The van der Waals surface area contributed by atoms with Crippen LogP contribution in [0.3, 0.4) is 0 Å². The molecule has 0 aliphatic heterocycles. The van der Waals surface area contributed by atoms with Gasteiger partial charge in [0.05, 0.1) is 11.8 Å². The predicted molar refractivity (Wildman–Crippen MR) is 51.0 cm³/mol. The highest BCUT2D eigenvalue weighted by Gasteiger charge is 2.50. The Kier molecular flexibility index (Phi) is 2.07. The summed E-state index contributed by atoms with van der Waals surface area (Å²) in [5.41, 5.74) is -0.593. The van der Waals surface area contributed by atoms with Crippen LogP contribution in [0.25, 0.3) is 0 Å². The SMILES string of the molecule is CC1CC(O)(c2ccncc2F)C1C. The molecular weight excluding hydrogens is 181 g/mol. The summed E-state index contributed by atoms with van der Waals surface area (Å²) in [6, 6.07) is 1.57. The van der Waals surface area contributed by atoms with Crippen LogP contribution in [0.1, 0.15) is 25.8 Å². The van der Waals surface area contributed by atoms with Crippen LogP contribution in [0.4, 0.5) is 4.39 Å². The molecule has 0 amide bonds. The first-order chi connectivity index (χ1) is 6.55. The molecule has 0 spiro atoms. The van der Waals surface area contributed by atoms with Crippen LogP contribution >= 0.6 is 0 Å². The molecule has 1 aromatic rings. The van der Waals surface area contributed by atoms with Crippen LogP contribution in [0.2, 0.25) is 0 Å². The van der Waals surface area contributed by atoms with Gasteiger partial charge in [-0.15, -0.1) is 0 Å². The summed E-state index contributed by atoms with van der Waals surface area (Å²) >= 11 is 0. The number of rotatable bonds is 1. The normalized spacial score (nSPS) is 36.6. The first-order valence-corrected chi connectivity index (χ1v) is 4.88. The van der Waals surface area contributed by atoms with E-state index in [0.29, 0.717) is 17.9 Å². The molecule has 3 unspecified atom stereocenters. The van der Waals surface area contributed by atoms with E-state index in [2.05, 4.69) is 11.9 Å². The van der Waals surface area contributed by atoms with Gasteiger partial charge in [-0.3, -0.25) is 4.98 Å². The first-order valence-electron chi connectivity index (χ1n) is 4.88. The molecule has 14 heavy (non-hydrogen) atoms. The van der Waals surface area contributed by atoms with Crippen molar-refractivity contribution in [2.24, 2.45) is 11.8 Å². The largest absolute Gasteiger partial charge is 0.385 e. The fourth-order valence-electron chi connectivity index (χ4n) is 2.25. The van der Waals surface area contributed by atoms with Crippen molar-refractivity contribution in [3.8, 4) is 0 Å². The van der Waals surface area contributed by atoms with Gasteiger partial charge in [0.2, 0.25) is 0 Å². The Morgan fingerprint density at radius 3 is 2.79 bits per heavy atom. The molecule has 1 saturated carbocycles. The van der Waals surface area contributed by atoms with Crippen molar-refractivity contribution in [1.29, 1.82) is 0 Å². The number of pyridine rings is 1. The Morgan fingerprint density at radius 1 is 1.57 bits per heavy atom. The number of hydrogen-bond donors (Lipinski definition) is 1. The van der Waals surface area contributed by atoms with Gasteiger partial charge >= 0.3 is 0 Å². The van der Waals surface area contributed by atoms with Crippen LogP contribution in [-0.2, 0) is 5.60 Å². The fourth-order valence-corrected chi connectivity index (χ4v) is 2.25. The van der Waals surface area contributed by atoms with Gasteiger partial charge in [0, 0.05) is 11.8 Å². The van der Waals surface area contributed by atoms with Crippen molar-refractivity contribution in [2.75, 3.05) is 0 Å². The molecule has 76 valence electrons. The molecule has 1 aliphatic carbocycles. The van der Waals surface area contributed by atoms with E-state index in [0.717, 1.165) is 6.20 Å². The second-order valence-electron chi connectivity index (χ2n) is 4.25. The standard InChI is InChI=1S/C11H14FNO/c1-7-5-11(14,8(7)2)9-3-4-13-6-10(9)12/h3-4,6-8,14H,5H2,1-2H3. The average molecular weight is 195 g/mol. The second kappa shape index (κ2) is 3.02. The summed E-state index contributed by atoms with van der Waals surface area (Å²) in [7, 11) is 0. The lowest BCUT2D eigenvalue weighted by molar-refractivity contribution is -0.134. The van der Waals surface area contributed by atoms with Crippen molar-refractivity contribution >= 4 is 0 Å². The van der Waals surface area contributed by atoms with Crippen LogP contribution in [-0.4, -0.2) is 10.1 Å². The number of hydrogen-bond acceptors (Lipinski definition) is 2. The Balaban J connectivity index is 2.37. The summed E-state index contributed by atoms with van der Waals surface area (Å²) in [5, 5.41) is 10.2. The van der Waals surface area contributed by atoms with Gasteiger partial charge in [-0.05, 0) is 24.3 Å². The third kappa shape index (κ3) is 1.16. The first kappa shape index (κ1) is 9.59. The maximum absolute atomic E-state index is 13.4. The van der Waals surface area contributed by atoms with Gasteiger partial charge in [0.25, 0.3) is 0 Å². The molecule has 0 saturated heterocycles. The monoisotopic (exact) mass is 195 g/mol. The molecule has 2 nitrogen and oxygen atoms in total. The molecule has 0 radical (unpaired) electrons. The Labute approximate surface area is 82.8 Å². The van der Waals surface area contributed by atoms with E-state index in [1.54, 1.807) is 6.07 Å². The fraction of sp³-hybridized carbons (Fsp3) is 0.545. The van der Waals surface area contributed by atoms with Crippen molar-refractivity contribution in [2.45, 2.75) is 25.9 Å². The maximum Gasteiger partial charge on any atom is 0.147 e.